The van der Waals surface area contributed by atoms with Gasteiger partial charge < -0.3 is 0 Å². The molecule has 0 unspecified atom stereocenters. The van der Waals surface area contributed by atoms with Crippen molar-refractivity contribution >= 4 is 0 Å². The summed E-state index contributed by atoms with van der Waals surface area (Å²) < 4.78 is 53.7. The van der Waals surface area contributed by atoms with E-state index >= 15 is 0 Å². The summed E-state index contributed by atoms with van der Waals surface area (Å²) in [6, 6.07) is 2.88. The van der Waals surface area contributed by atoms with Crippen LogP contribution in [0.15, 0.2) is 23.8 Å². The highest BCUT2D eigenvalue weighted by molar-refractivity contribution is 5.36. The van der Waals surface area contributed by atoms with Crippen molar-refractivity contribution in [1.82, 2.24) is 0 Å². The molecule has 2 saturated carbocycles. The minimum absolute atomic E-state index is 0.0107. The van der Waals surface area contributed by atoms with Crippen LogP contribution in [0.1, 0.15) is 81.3 Å². The van der Waals surface area contributed by atoms with E-state index < -0.39 is 23.6 Å². The minimum Gasteiger partial charge on any atom is -0.207 e. The van der Waals surface area contributed by atoms with E-state index in [0.29, 0.717) is 0 Å². The first kappa shape index (κ1) is 17.5. The highest BCUT2D eigenvalue weighted by Crippen LogP contribution is 2.46. The minimum atomic E-state index is -1.70. The first-order valence-corrected chi connectivity index (χ1v) is 9.01. The molecule has 3 rings (SSSR count). The van der Waals surface area contributed by atoms with Crippen LogP contribution in [-0.4, -0.2) is 0 Å². The molecule has 0 radical (unpaired) electrons. The Hall–Kier alpha value is -1.32. The average molecular weight is 340 g/mol. The smallest absolute Gasteiger partial charge is 0.207 e. The number of halogens is 4. The van der Waals surface area contributed by atoms with Crippen LogP contribution in [0.5, 0.6) is 0 Å². The number of benzene rings is 1. The Labute approximate surface area is 141 Å². The van der Waals surface area contributed by atoms with E-state index in [0.717, 1.165) is 37.2 Å². The van der Waals surface area contributed by atoms with E-state index in [1.807, 2.05) is 0 Å². The van der Waals surface area contributed by atoms with Crippen LogP contribution >= 0.6 is 0 Å². The van der Waals surface area contributed by atoms with Gasteiger partial charge >= 0.3 is 0 Å². The van der Waals surface area contributed by atoms with Gasteiger partial charge in [0, 0.05) is 5.56 Å². The number of rotatable bonds is 4. The van der Waals surface area contributed by atoms with Gasteiger partial charge in [0.1, 0.15) is 11.6 Å². The van der Waals surface area contributed by atoms with Crippen molar-refractivity contribution in [3.63, 3.8) is 0 Å². The molecule has 0 saturated heterocycles. The van der Waals surface area contributed by atoms with E-state index in [2.05, 4.69) is 6.92 Å². The molecule has 2 aliphatic rings. The van der Waals surface area contributed by atoms with Gasteiger partial charge in [0.15, 0.2) is 0 Å². The predicted molar refractivity (Wildman–Crippen MR) is 87.2 cm³/mol. The van der Waals surface area contributed by atoms with Crippen LogP contribution in [0.25, 0.3) is 0 Å². The molecule has 0 N–H and O–H groups in total. The summed E-state index contributed by atoms with van der Waals surface area (Å²) in [7, 11) is 0. The Kier molecular flexibility index (Phi) is 5.31. The maximum Gasteiger partial charge on any atom is 0.269 e. The highest BCUT2D eigenvalue weighted by Gasteiger charge is 2.33. The fourth-order valence-electron chi connectivity index (χ4n) is 4.32. The summed E-state index contributed by atoms with van der Waals surface area (Å²) in [5, 5.41) is 0. The number of hydrogen-bond acceptors (Lipinski definition) is 0. The Bertz CT molecular complexity index is 592. The molecule has 132 valence electrons. The van der Waals surface area contributed by atoms with Gasteiger partial charge in [0.2, 0.25) is 0 Å². The molecular weight excluding hydrogens is 316 g/mol. The Morgan fingerprint density at radius 2 is 1.54 bits per heavy atom. The molecule has 0 heterocycles. The van der Waals surface area contributed by atoms with Crippen LogP contribution in [0.4, 0.5) is 17.6 Å². The van der Waals surface area contributed by atoms with Gasteiger partial charge in [-0.1, -0.05) is 19.8 Å². The molecule has 0 amide bonds. The fourth-order valence-corrected chi connectivity index (χ4v) is 4.32. The van der Waals surface area contributed by atoms with Gasteiger partial charge in [-0.15, -0.1) is 0 Å². The normalized spacial score (nSPS) is 27.0. The molecule has 0 aliphatic heterocycles. The summed E-state index contributed by atoms with van der Waals surface area (Å²) in [5.41, 5.74) is 0.746. The molecule has 2 fully saturated rings. The summed E-state index contributed by atoms with van der Waals surface area (Å²) >= 11 is 0. The van der Waals surface area contributed by atoms with Crippen molar-refractivity contribution in [2.24, 2.45) is 5.92 Å². The Morgan fingerprint density at radius 1 is 0.958 bits per heavy atom. The molecule has 1 aromatic rings. The van der Waals surface area contributed by atoms with Gasteiger partial charge in [-0.25, -0.2) is 8.78 Å². The second-order valence-corrected chi connectivity index (χ2v) is 7.37. The zero-order chi connectivity index (χ0) is 17.3. The van der Waals surface area contributed by atoms with Gasteiger partial charge in [-0.05, 0) is 79.5 Å². The fraction of sp³-hybridized carbons (Fsp3) is 0.600. The Balaban J connectivity index is 1.71. The van der Waals surface area contributed by atoms with Crippen LogP contribution in [0.3, 0.4) is 0 Å². The first-order valence-electron chi connectivity index (χ1n) is 9.01. The third kappa shape index (κ3) is 3.52. The lowest BCUT2D eigenvalue weighted by Gasteiger charge is -2.31. The second-order valence-electron chi connectivity index (χ2n) is 7.37. The predicted octanol–water partition coefficient (Wildman–Crippen LogP) is 7.07. The van der Waals surface area contributed by atoms with Gasteiger partial charge in [0.05, 0.1) is 0 Å². The molecule has 1 aromatic carbocycles. The number of allylic oxidation sites excluding steroid dienone is 1. The van der Waals surface area contributed by atoms with Crippen LogP contribution in [0, 0.1) is 17.6 Å². The zero-order valence-corrected chi connectivity index (χ0v) is 14.1. The quantitative estimate of drug-likeness (QED) is 0.514. The van der Waals surface area contributed by atoms with Crippen molar-refractivity contribution in [3.8, 4) is 0 Å². The van der Waals surface area contributed by atoms with Gasteiger partial charge in [0.25, 0.3) is 6.08 Å². The van der Waals surface area contributed by atoms with Crippen LogP contribution in [-0.2, 0) is 0 Å². The maximum absolute atomic E-state index is 14.4. The third-order valence-corrected chi connectivity index (χ3v) is 5.78. The molecule has 0 nitrogen and oxygen atoms in total. The molecule has 0 atom stereocenters. The molecule has 2 aliphatic carbocycles. The van der Waals surface area contributed by atoms with Crippen molar-refractivity contribution in [1.29, 1.82) is 0 Å². The zero-order valence-electron chi connectivity index (χ0n) is 14.1. The van der Waals surface area contributed by atoms with E-state index in [-0.39, 0.29) is 29.9 Å². The lowest BCUT2D eigenvalue weighted by Crippen LogP contribution is -2.18. The summed E-state index contributed by atoms with van der Waals surface area (Å²) in [6.07, 6.45) is 5.05. The summed E-state index contributed by atoms with van der Waals surface area (Å²) in [6.45, 7) is 2.19. The SMILES string of the molecule is CCCC1CCC(c2cc(F)c(C3CC(=C(F)F)C3)c(F)c2)CC1. The monoisotopic (exact) mass is 340 g/mol. The second kappa shape index (κ2) is 7.28. The molecule has 24 heavy (non-hydrogen) atoms. The largest absolute Gasteiger partial charge is 0.269 e. The summed E-state index contributed by atoms with van der Waals surface area (Å²) in [5.74, 6) is -0.615. The molecule has 0 spiro atoms. The number of hydrogen-bond donors (Lipinski definition) is 0. The molecular formula is C20H24F4. The van der Waals surface area contributed by atoms with Crippen LogP contribution in [0.2, 0.25) is 0 Å². The van der Waals surface area contributed by atoms with Crippen LogP contribution < -0.4 is 0 Å². The third-order valence-electron chi connectivity index (χ3n) is 5.78. The van der Waals surface area contributed by atoms with E-state index in [1.54, 1.807) is 0 Å². The van der Waals surface area contributed by atoms with E-state index in [4.69, 9.17) is 0 Å². The van der Waals surface area contributed by atoms with Crippen molar-refractivity contribution in [3.05, 3.63) is 46.5 Å². The Morgan fingerprint density at radius 3 is 2.04 bits per heavy atom. The van der Waals surface area contributed by atoms with E-state index in [1.165, 1.54) is 25.0 Å². The van der Waals surface area contributed by atoms with E-state index in [9.17, 15) is 17.6 Å². The molecule has 4 heteroatoms. The molecule has 0 bridgehead atoms. The average Bonchev–Trinajstić information content (AvgIpc) is 2.49. The topological polar surface area (TPSA) is 0 Å². The maximum atomic E-state index is 14.4. The summed E-state index contributed by atoms with van der Waals surface area (Å²) in [4.78, 5) is 0. The lowest BCUT2D eigenvalue weighted by atomic mass is 9.74. The van der Waals surface area contributed by atoms with Gasteiger partial charge in [-0.2, -0.15) is 8.78 Å². The standard InChI is InChI=1S/C20H24F4/c1-2-3-12-4-6-13(7-5-12)14-10-17(21)19(18(22)11-14)15-8-16(9-15)20(23)24/h10-13,15H,2-9H2,1H3. The molecule has 0 aromatic heterocycles. The first-order chi connectivity index (χ1) is 11.5. The highest BCUT2D eigenvalue weighted by atomic mass is 19.3. The van der Waals surface area contributed by atoms with Crippen molar-refractivity contribution in [2.75, 3.05) is 0 Å². The van der Waals surface area contributed by atoms with Crippen molar-refractivity contribution in [2.45, 2.75) is 70.1 Å². The lowest BCUT2D eigenvalue weighted by molar-refractivity contribution is 0.307. The van der Waals surface area contributed by atoms with Crippen molar-refractivity contribution < 1.29 is 17.6 Å². The van der Waals surface area contributed by atoms with Gasteiger partial charge in [-0.3, -0.25) is 0 Å².